The first kappa shape index (κ1) is 11.8. The number of hydrogen-bond acceptors (Lipinski definition) is 3. The SMILES string of the molecule is Ic1nc2oc3ccccc3c2nc1-c1ccccc1. The van der Waals surface area contributed by atoms with Crippen LogP contribution in [-0.2, 0) is 0 Å². The van der Waals surface area contributed by atoms with Crippen molar-refractivity contribution in [3.05, 3.63) is 58.3 Å². The molecule has 4 rings (SSSR count). The van der Waals surface area contributed by atoms with Gasteiger partial charge in [0.05, 0.1) is 0 Å². The second kappa shape index (κ2) is 4.56. The minimum atomic E-state index is 0.593. The molecular formula is C16H9IN2O. The first-order chi connectivity index (χ1) is 9.83. The summed E-state index contributed by atoms with van der Waals surface area (Å²) in [6, 6.07) is 18.0. The lowest BCUT2D eigenvalue weighted by atomic mass is 10.1. The van der Waals surface area contributed by atoms with Gasteiger partial charge in [0.1, 0.15) is 20.5 Å². The maximum atomic E-state index is 5.75. The molecule has 0 N–H and O–H groups in total. The van der Waals surface area contributed by atoms with Gasteiger partial charge in [0.25, 0.3) is 0 Å². The van der Waals surface area contributed by atoms with E-state index in [1.54, 1.807) is 0 Å². The molecular weight excluding hydrogens is 363 g/mol. The summed E-state index contributed by atoms with van der Waals surface area (Å²) in [6.07, 6.45) is 0. The molecule has 0 bridgehead atoms. The van der Waals surface area contributed by atoms with Crippen LogP contribution in [0, 0.1) is 3.70 Å². The van der Waals surface area contributed by atoms with Crippen molar-refractivity contribution in [2.75, 3.05) is 0 Å². The van der Waals surface area contributed by atoms with Gasteiger partial charge >= 0.3 is 0 Å². The van der Waals surface area contributed by atoms with E-state index in [0.717, 1.165) is 31.4 Å². The van der Waals surface area contributed by atoms with Crippen molar-refractivity contribution in [2.24, 2.45) is 0 Å². The van der Waals surface area contributed by atoms with Gasteiger partial charge in [-0.2, -0.15) is 0 Å². The predicted octanol–water partition coefficient (Wildman–Crippen LogP) is 4.65. The van der Waals surface area contributed by atoms with Gasteiger partial charge in [-0.25, -0.2) is 9.97 Å². The van der Waals surface area contributed by atoms with Crippen molar-refractivity contribution in [1.29, 1.82) is 0 Å². The van der Waals surface area contributed by atoms with Crippen LogP contribution in [0.2, 0.25) is 0 Å². The molecule has 3 nitrogen and oxygen atoms in total. The van der Waals surface area contributed by atoms with Crippen LogP contribution in [0.5, 0.6) is 0 Å². The summed E-state index contributed by atoms with van der Waals surface area (Å²) in [5.74, 6) is 0. The van der Waals surface area contributed by atoms with Crippen molar-refractivity contribution < 1.29 is 4.42 Å². The van der Waals surface area contributed by atoms with Crippen LogP contribution in [-0.4, -0.2) is 9.97 Å². The summed E-state index contributed by atoms with van der Waals surface area (Å²) in [5, 5.41) is 1.00. The third kappa shape index (κ3) is 1.79. The minimum absolute atomic E-state index is 0.593. The van der Waals surface area contributed by atoms with E-state index >= 15 is 0 Å². The molecule has 0 saturated heterocycles. The van der Waals surface area contributed by atoms with Gasteiger partial charge in [0.2, 0.25) is 5.71 Å². The average molecular weight is 372 g/mol. The molecule has 0 fully saturated rings. The lowest BCUT2D eigenvalue weighted by molar-refractivity contribution is 0.652. The maximum absolute atomic E-state index is 5.75. The van der Waals surface area contributed by atoms with E-state index in [0.29, 0.717) is 5.71 Å². The Kier molecular flexibility index (Phi) is 2.70. The largest absolute Gasteiger partial charge is 0.436 e. The van der Waals surface area contributed by atoms with Gasteiger partial charge in [0, 0.05) is 10.9 Å². The molecule has 0 saturated carbocycles. The van der Waals surface area contributed by atoms with Crippen molar-refractivity contribution in [1.82, 2.24) is 9.97 Å². The van der Waals surface area contributed by atoms with E-state index in [9.17, 15) is 0 Å². The van der Waals surface area contributed by atoms with Crippen LogP contribution >= 0.6 is 22.6 Å². The van der Waals surface area contributed by atoms with E-state index in [1.807, 2.05) is 54.6 Å². The molecule has 0 radical (unpaired) electrons. The van der Waals surface area contributed by atoms with Crippen molar-refractivity contribution >= 4 is 44.8 Å². The lowest BCUT2D eigenvalue weighted by Crippen LogP contribution is -1.92. The van der Waals surface area contributed by atoms with Crippen molar-refractivity contribution in [3.8, 4) is 11.3 Å². The number of para-hydroxylation sites is 1. The number of nitrogens with zero attached hydrogens (tertiary/aromatic N) is 2. The van der Waals surface area contributed by atoms with Crippen LogP contribution in [0.15, 0.2) is 59.0 Å². The minimum Gasteiger partial charge on any atom is -0.436 e. The third-order valence-electron chi connectivity index (χ3n) is 3.22. The fourth-order valence-corrected chi connectivity index (χ4v) is 2.93. The molecule has 0 aliphatic heterocycles. The molecule has 4 heteroatoms. The van der Waals surface area contributed by atoms with E-state index < -0.39 is 0 Å². The third-order valence-corrected chi connectivity index (χ3v) is 3.97. The Labute approximate surface area is 128 Å². The van der Waals surface area contributed by atoms with E-state index in [4.69, 9.17) is 9.40 Å². The number of halogens is 1. The molecule has 0 atom stereocenters. The Morgan fingerprint density at radius 2 is 1.60 bits per heavy atom. The summed E-state index contributed by atoms with van der Waals surface area (Å²) >= 11 is 2.20. The fraction of sp³-hybridized carbons (Fsp3) is 0. The van der Waals surface area contributed by atoms with Gasteiger partial charge in [-0.1, -0.05) is 42.5 Å². The highest BCUT2D eigenvalue weighted by Gasteiger charge is 2.14. The topological polar surface area (TPSA) is 38.9 Å². The number of furan rings is 1. The highest BCUT2D eigenvalue weighted by atomic mass is 127. The Morgan fingerprint density at radius 1 is 0.850 bits per heavy atom. The van der Waals surface area contributed by atoms with Crippen LogP contribution in [0.4, 0.5) is 0 Å². The monoisotopic (exact) mass is 372 g/mol. The quantitative estimate of drug-likeness (QED) is 0.457. The van der Waals surface area contributed by atoms with Gasteiger partial charge in [-0.3, -0.25) is 0 Å². The molecule has 2 aromatic heterocycles. The Morgan fingerprint density at radius 3 is 2.45 bits per heavy atom. The van der Waals surface area contributed by atoms with Crippen molar-refractivity contribution in [3.63, 3.8) is 0 Å². The first-order valence-corrected chi connectivity index (χ1v) is 7.31. The van der Waals surface area contributed by atoms with Crippen LogP contribution in [0.25, 0.3) is 33.5 Å². The van der Waals surface area contributed by atoms with Gasteiger partial charge in [-0.05, 0) is 34.7 Å². The molecule has 4 aromatic rings. The molecule has 2 heterocycles. The summed E-state index contributed by atoms with van der Waals surface area (Å²) in [4.78, 5) is 9.32. The summed E-state index contributed by atoms with van der Waals surface area (Å²) in [7, 11) is 0. The number of rotatable bonds is 1. The molecule has 0 unspecified atom stereocenters. The molecule has 96 valence electrons. The number of aromatic nitrogens is 2. The zero-order chi connectivity index (χ0) is 13.5. The normalized spacial score (nSPS) is 11.2. The highest BCUT2D eigenvalue weighted by molar-refractivity contribution is 14.1. The standard InChI is InChI=1S/C16H9IN2O/c17-15-13(10-6-2-1-3-7-10)18-14-11-8-4-5-9-12(11)20-16(14)19-15/h1-9H. The van der Waals surface area contributed by atoms with E-state index in [1.165, 1.54) is 0 Å². The van der Waals surface area contributed by atoms with Crippen molar-refractivity contribution in [2.45, 2.75) is 0 Å². The smallest absolute Gasteiger partial charge is 0.247 e. The molecule has 0 aliphatic carbocycles. The van der Waals surface area contributed by atoms with Gasteiger partial charge in [0.15, 0.2) is 0 Å². The van der Waals surface area contributed by atoms with E-state index in [2.05, 4.69) is 27.6 Å². The van der Waals surface area contributed by atoms with Gasteiger partial charge in [-0.15, -0.1) is 0 Å². The van der Waals surface area contributed by atoms with E-state index in [-0.39, 0.29) is 0 Å². The Balaban J connectivity index is 2.08. The maximum Gasteiger partial charge on any atom is 0.247 e. The lowest BCUT2D eigenvalue weighted by Gasteiger charge is -2.02. The fourth-order valence-electron chi connectivity index (χ4n) is 2.28. The molecule has 2 aromatic carbocycles. The highest BCUT2D eigenvalue weighted by Crippen LogP contribution is 2.30. The second-order valence-corrected chi connectivity index (χ2v) is 5.50. The zero-order valence-electron chi connectivity index (χ0n) is 10.4. The molecule has 0 amide bonds. The number of hydrogen-bond donors (Lipinski definition) is 0. The number of fused-ring (bicyclic) bond motifs is 3. The predicted molar refractivity (Wildman–Crippen MR) is 87.5 cm³/mol. The number of benzene rings is 2. The summed E-state index contributed by atoms with van der Waals surface area (Å²) in [5.41, 5.74) is 4.19. The Bertz CT molecular complexity index is 916. The zero-order valence-corrected chi connectivity index (χ0v) is 12.5. The molecule has 0 spiro atoms. The average Bonchev–Trinajstić information content (AvgIpc) is 2.84. The molecule has 0 aliphatic rings. The summed E-state index contributed by atoms with van der Waals surface area (Å²) in [6.45, 7) is 0. The summed E-state index contributed by atoms with van der Waals surface area (Å²) < 4.78 is 6.59. The van der Waals surface area contributed by atoms with Crippen LogP contribution < -0.4 is 0 Å². The second-order valence-electron chi connectivity index (χ2n) is 4.48. The Hall–Kier alpha value is -1.95. The first-order valence-electron chi connectivity index (χ1n) is 6.23. The van der Waals surface area contributed by atoms with Gasteiger partial charge < -0.3 is 4.42 Å². The molecule has 20 heavy (non-hydrogen) atoms. The van der Waals surface area contributed by atoms with Crippen LogP contribution in [0.1, 0.15) is 0 Å². The van der Waals surface area contributed by atoms with Crippen LogP contribution in [0.3, 0.4) is 0 Å².